The number of carbonyl (C=O) groups excluding carboxylic acids is 1. The van der Waals surface area contributed by atoms with Gasteiger partial charge in [-0.1, -0.05) is 40.5 Å². The van der Waals surface area contributed by atoms with Crippen molar-refractivity contribution in [1.82, 2.24) is 10.3 Å². The van der Waals surface area contributed by atoms with Gasteiger partial charge in [-0.2, -0.15) is 0 Å². The van der Waals surface area contributed by atoms with Crippen LogP contribution in [0.15, 0.2) is 36.5 Å². The average Bonchev–Trinajstić information content (AvgIpc) is 2.93. The molecule has 1 amide bonds. The minimum atomic E-state index is 0.0152. The highest BCUT2D eigenvalue weighted by Gasteiger charge is 2.28. The van der Waals surface area contributed by atoms with E-state index >= 15 is 0 Å². The van der Waals surface area contributed by atoms with Gasteiger partial charge in [0.05, 0.1) is 11.1 Å². The van der Waals surface area contributed by atoms with Crippen LogP contribution in [-0.4, -0.2) is 22.3 Å². The Bertz CT molecular complexity index is 623. The highest BCUT2D eigenvalue weighted by atomic mass is 79.9. The quantitative estimate of drug-likeness (QED) is 0.873. The molecule has 4 heteroatoms. The van der Waals surface area contributed by atoms with Gasteiger partial charge in [-0.25, -0.2) is 0 Å². The topological polar surface area (TPSA) is 42.0 Å². The third-order valence-electron chi connectivity index (χ3n) is 4.07. The Morgan fingerprint density at radius 3 is 3.00 bits per heavy atom. The third-order valence-corrected chi connectivity index (χ3v) is 4.90. The highest BCUT2D eigenvalue weighted by molar-refractivity contribution is 9.09. The Hall–Kier alpha value is -1.42. The van der Waals surface area contributed by atoms with Crippen molar-refractivity contribution >= 4 is 32.7 Å². The Morgan fingerprint density at radius 1 is 1.30 bits per heavy atom. The molecule has 1 aromatic heterocycles. The molecule has 3 nitrogen and oxygen atoms in total. The van der Waals surface area contributed by atoms with Crippen LogP contribution in [0.2, 0.25) is 0 Å². The molecular weight excluding hydrogens is 316 g/mol. The van der Waals surface area contributed by atoms with Crippen LogP contribution in [0, 0.1) is 5.92 Å². The number of halogens is 1. The molecule has 2 unspecified atom stereocenters. The van der Waals surface area contributed by atoms with Gasteiger partial charge in [0.15, 0.2) is 0 Å². The second-order valence-corrected chi connectivity index (χ2v) is 5.95. The van der Waals surface area contributed by atoms with Gasteiger partial charge in [-0.15, -0.1) is 0 Å². The lowest BCUT2D eigenvalue weighted by molar-refractivity contribution is 0.0932. The lowest BCUT2D eigenvalue weighted by Gasteiger charge is -2.19. The monoisotopic (exact) mass is 332 g/mol. The molecule has 0 spiro atoms. The summed E-state index contributed by atoms with van der Waals surface area (Å²) < 4.78 is 0. The van der Waals surface area contributed by atoms with Crippen LogP contribution >= 0.6 is 15.9 Å². The largest absolute Gasteiger partial charge is 0.349 e. The maximum absolute atomic E-state index is 12.5. The molecule has 2 atom stereocenters. The van der Waals surface area contributed by atoms with Crippen molar-refractivity contribution in [3.8, 4) is 0 Å². The van der Waals surface area contributed by atoms with E-state index in [-0.39, 0.29) is 11.9 Å². The van der Waals surface area contributed by atoms with Crippen LogP contribution in [0.3, 0.4) is 0 Å². The Morgan fingerprint density at radius 2 is 2.15 bits per heavy atom. The number of rotatable bonds is 3. The molecule has 1 aromatic carbocycles. The van der Waals surface area contributed by atoms with Crippen molar-refractivity contribution < 1.29 is 4.79 Å². The molecule has 0 bridgehead atoms. The maximum atomic E-state index is 12.5. The van der Waals surface area contributed by atoms with Crippen LogP contribution in [-0.2, 0) is 0 Å². The summed E-state index contributed by atoms with van der Waals surface area (Å²) in [6.07, 6.45) is 5.16. The first-order valence-electron chi connectivity index (χ1n) is 7.00. The lowest BCUT2D eigenvalue weighted by atomic mass is 10.0. The van der Waals surface area contributed by atoms with Crippen molar-refractivity contribution in [2.75, 3.05) is 5.33 Å². The van der Waals surface area contributed by atoms with E-state index < -0.39 is 0 Å². The van der Waals surface area contributed by atoms with Gasteiger partial charge < -0.3 is 5.32 Å². The van der Waals surface area contributed by atoms with E-state index in [1.807, 2.05) is 24.3 Å². The Kier molecular flexibility index (Phi) is 4.01. The van der Waals surface area contributed by atoms with Gasteiger partial charge in [-0.05, 0) is 30.9 Å². The lowest BCUT2D eigenvalue weighted by Crippen LogP contribution is -2.38. The Balaban J connectivity index is 1.86. The summed E-state index contributed by atoms with van der Waals surface area (Å²) in [5.74, 6) is 0.563. The molecule has 0 radical (unpaired) electrons. The summed E-state index contributed by atoms with van der Waals surface area (Å²) in [4.78, 5) is 16.8. The van der Waals surface area contributed by atoms with Crippen molar-refractivity contribution in [2.45, 2.75) is 25.3 Å². The molecule has 0 aliphatic heterocycles. The SMILES string of the molecule is O=C(NC1CCCC1CBr)c1ccnc2ccccc12. The van der Waals surface area contributed by atoms with Crippen LogP contribution in [0.1, 0.15) is 29.6 Å². The zero-order chi connectivity index (χ0) is 13.9. The maximum Gasteiger partial charge on any atom is 0.252 e. The second kappa shape index (κ2) is 5.92. The number of nitrogens with zero attached hydrogens (tertiary/aromatic N) is 1. The number of pyridine rings is 1. The molecule has 3 rings (SSSR count). The smallest absolute Gasteiger partial charge is 0.252 e. The number of fused-ring (bicyclic) bond motifs is 1. The average molecular weight is 333 g/mol. The highest BCUT2D eigenvalue weighted by Crippen LogP contribution is 2.27. The standard InChI is InChI=1S/C16H17BrN2O/c17-10-11-4-3-7-14(11)19-16(20)13-8-9-18-15-6-2-1-5-12(13)15/h1-2,5-6,8-9,11,14H,3-4,7,10H2,(H,19,20). The summed E-state index contributed by atoms with van der Waals surface area (Å²) in [5, 5.41) is 5.06. The van der Waals surface area contributed by atoms with Crippen molar-refractivity contribution in [1.29, 1.82) is 0 Å². The molecule has 1 fully saturated rings. The summed E-state index contributed by atoms with van der Waals surface area (Å²) in [5.41, 5.74) is 1.58. The van der Waals surface area contributed by atoms with E-state index in [1.54, 1.807) is 12.3 Å². The molecule has 1 N–H and O–H groups in total. The van der Waals surface area contributed by atoms with E-state index in [1.165, 1.54) is 12.8 Å². The fraction of sp³-hybridized carbons (Fsp3) is 0.375. The van der Waals surface area contributed by atoms with Crippen molar-refractivity contribution in [3.63, 3.8) is 0 Å². The van der Waals surface area contributed by atoms with Gasteiger partial charge in [0.1, 0.15) is 0 Å². The van der Waals surface area contributed by atoms with Gasteiger partial charge in [0, 0.05) is 23.0 Å². The fourth-order valence-electron chi connectivity index (χ4n) is 2.95. The minimum Gasteiger partial charge on any atom is -0.349 e. The summed E-state index contributed by atoms with van der Waals surface area (Å²) in [6, 6.07) is 9.85. The number of carbonyl (C=O) groups is 1. The molecule has 1 aliphatic rings. The van der Waals surface area contributed by atoms with Crippen LogP contribution in [0.4, 0.5) is 0 Å². The van der Waals surface area contributed by atoms with E-state index in [9.17, 15) is 4.79 Å². The van der Waals surface area contributed by atoms with Crippen LogP contribution < -0.4 is 5.32 Å². The first-order valence-corrected chi connectivity index (χ1v) is 8.12. The zero-order valence-electron chi connectivity index (χ0n) is 11.2. The predicted molar refractivity (Wildman–Crippen MR) is 84.1 cm³/mol. The number of benzene rings is 1. The van der Waals surface area contributed by atoms with Crippen molar-refractivity contribution in [2.24, 2.45) is 5.92 Å². The fourth-order valence-corrected chi connectivity index (χ4v) is 3.73. The molecule has 0 saturated heterocycles. The number of amides is 1. The second-order valence-electron chi connectivity index (χ2n) is 5.30. The zero-order valence-corrected chi connectivity index (χ0v) is 12.8. The van der Waals surface area contributed by atoms with E-state index in [0.717, 1.165) is 28.2 Å². The number of hydrogen-bond donors (Lipinski definition) is 1. The first kappa shape index (κ1) is 13.6. The van der Waals surface area contributed by atoms with E-state index in [4.69, 9.17) is 0 Å². The molecular formula is C16H17BrN2O. The summed E-state index contributed by atoms with van der Waals surface area (Å²) >= 11 is 3.54. The summed E-state index contributed by atoms with van der Waals surface area (Å²) in [6.45, 7) is 0. The van der Waals surface area contributed by atoms with E-state index in [2.05, 4.69) is 26.2 Å². The Labute approximate surface area is 126 Å². The molecule has 1 saturated carbocycles. The number of hydrogen-bond acceptors (Lipinski definition) is 2. The van der Waals surface area contributed by atoms with E-state index in [0.29, 0.717) is 5.92 Å². The van der Waals surface area contributed by atoms with Gasteiger partial charge in [-0.3, -0.25) is 9.78 Å². The molecule has 1 aliphatic carbocycles. The third kappa shape index (κ3) is 2.57. The normalized spacial score (nSPS) is 22.1. The molecule has 1 heterocycles. The molecule has 20 heavy (non-hydrogen) atoms. The summed E-state index contributed by atoms with van der Waals surface area (Å²) in [7, 11) is 0. The number of alkyl halides is 1. The van der Waals surface area contributed by atoms with Gasteiger partial charge in [0.2, 0.25) is 0 Å². The minimum absolute atomic E-state index is 0.0152. The first-order chi connectivity index (χ1) is 9.79. The number of para-hydroxylation sites is 1. The van der Waals surface area contributed by atoms with Crippen LogP contribution in [0.5, 0.6) is 0 Å². The van der Waals surface area contributed by atoms with Crippen molar-refractivity contribution in [3.05, 3.63) is 42.1 Å². The van der Waals surface area contributed by atoms with Gasteiger partial charge >= 0.3 is 0 Å². The molecule has 2 aromatic rings. The number of nitrogens with one attached hydrogen (secondary N) is 1. The molecule has 104 valence electrons. The predicted octanol–water partition coefficient (Wildman–Crippen LogP) is 3.53. The van der Waals surface area contributed by atoms with Crippen LogP contribution in [0.25, 0.3) is 10.9 Å². The van der Waals surface area contributed by atoms with Gasteiger partial charge in [0.25, 0.3) is 5.91 Å². The number of aromatic nitrogens is 1.